The van der Waals surface area contributed by atoms with E-state index in [4.69, 9.17) is 5.73 Å². The minimum absolute atomic E-state index is 0.291. The van der Waals surface area contributed by atoms with E-state index in [-0.39, 0.29) is 6.54 Å². The molecule has 0 spiro atoms. The summed E-state index contributed by atoms with van der Waals surface area (Å²) in [6, 6.07) is 9.31. The van der Waals surface area contributed by atoms with Crippen LogP contribution in [0.25, 0.3) is 0 Å². The SMILES string of the molecule is NC(=O)Cn1ccn(Cc2ccccc2)c(=O)c1=O. The lowest BCUT2D eigenvalue weighted by molar-refractivity contribution is -0.118. The zero-order valence-electron chi connectivity index (χ0n) is 10.2. The Kier molecular flexibility index (Phi) is 3.61. The van der Waals surface area contributed by atoms with Crippen molar-refractivity contribution in [2.45, 2.75) is 13.1 Å². The molecule has 0 aliphatic carbocycles. The monoisotopic (exact) mass is 259 g/mol. The molecule has 2 rings (SSSR count). The van der Waals surface area contributed by atoms with Crippen molar-refractivity contribution >= 4 is 5.91 Å². The van der Waals surface area contributed by atoms with Crippen LogP contribution in [0, 0.1) is 0 Å². The number of nitrogens with zero attached hydrogens (tertiary/aromatic N) is 2. The fraction of sp³-hybridized carbons (Fsp3) is 0.154. The minimum atomic E-state index is -0.753. The third-order valence-electron chi connectivity index (χ3n) is 2.65. The third-order valence-corrected chi connectivity index (χ3v) is 2.65. The largest absolute Gasteiger partial charge is 0.368 e. The number of primary amides is 1. The molecular weight excluding hydrogens is 246 g/mol. The van der Waals surface area contributed by atoms with Gasteiger partial charge in [-0.25, -0.2) is 0 Å². The molecule has 6 heteroatoms. The van der Waals surface area contributed by atoms with Crippen LogP contribution in [0.4, 0.5) is 0 Å². The second-order valence-corrected chi connectivity index (χ2v) is 4.12. The van der Waals surface area contributed by atoms with Crippen molar-refractivity contribution in [2.24, 2.45) is 5.73 Å². The van der Waals surface area contributed by atoms with Crippen LogP contribution in [0.3, 0.4) is 0 Å². The van der Waals surface area contributed by atoms with Crippen molar-refractivity contribution < 1.29 is 4.79 Å². The standard InChI is InChI=1S/C13H13N3O3/c14-11(17)9-16-7-6-15(12(18)13(16)19)8-10-4-2-1-3-5-10/h1-7H,8-9H2,(H2,14,17). The first kappa shape index (κ1) is 12.8. The predicted octanol–water partition coefficient (Wildman–Crippen LogP) is -0.456. The first-order chi connectivity index (χ1) is 9.08. The Morgan fingerprint density at radius 2 is 1.58 bits per heavy atom. The highest BCUT2D eigenvalue weighted by atomic mass is 16.2. The van der Waals surface area contributed by atoms with Crippen LogP contribution in [0.5, 0.6) is 0 Å². The lowest BCUT2D eigenvalue weighted by Gasteiger charge is -2.07. The molecular formula is C13H13N3O3. The van der Waals surface area contributed by atoms with Gasteiger partial charge >= 0.3 is 11.1 Å². The number of rotatable bonds is 4. The molecule has 98 valence electrons. The molecule has 0 atom stereocenters. The van der Waals surface area contributed by atoms with Crippen LogP contribution in [-0.4, -0.2) is 15.0 Å². The molecule has 1 aromatic carbocycles. The number of benzene rings is 1. The second-order valence-electron chi connectivity index (χ2n) is 4.12. The lowest BCUT2D eigenvalue weighted by atomic mass is 10.2. The van der Waals surface area contributed by atoms with Crippen LogP contribution >= 0.6 is 0 Å². The van der Waals surface area contributed by atoms with E-state index in [1.165, 1.54) is 17.0 Å². The van der Waals surface area contributed by atoms with Crippen molar-refractivity contribution in [3.63, 3.8) is 0 Å². The molecule has 0 saturated heterocycles. The van der Waals surface area contributed by atoms with E-state index in [2.05, 4.69) is 0 Å². The van der Waals surface area contributed by atoms with E-state index in [1.807, 2.05) is 30.3 Å². The molecule has 1 aromatic heterocycles. The van der Waals surface area contributed by atoms with Gasteiger partial charge in [-0.1, -0.05) is 30.3 Å². The van der Waals surface area contributed by atoms with Gasteiger partial charge in [-0.15, -0.1) is 0 Å². The van der Waals surface area contributed by atoms with Crippen LogP contribution in [0.2, 0.25) is 0 Å². The Hall–Kier alpha value is -2.63. The van der Waals surface area contributed by atoms with Gasteiger partial charge in [0.05, 0.1) is 6.54 Å². The summed E-state index contributed by atoms with van der Waals surface area (Å²) in [4.78, 5) is 34.4. The molecule has 0 bridgehead atoms. The molecule has 2 aromatic rings. The Morgan fingerprint density at radius 3 is 2.21 bits per heavy atom. The van der Waals surface area contributed by atoms with Gasteiger partial charge in [0, 0.05) is 12.4 Å². The number of hydrogen-bond donors (Lipinski definition) is 1. The average Bonchev–Trinajstić information content (AvgIpc) is 2.39. The van der Waals surface area contributed by atoms with Crippen LogP contribution < -0.4 is 16.9 Å². The summed E-state index contributed by atoms with van der Waals surface area (Å²) >= 11 is 0. The number of nitrogens with two attached hydrogens (primary N) is 1. The van der Waals surface area contributed by atoms with Gasteiger partial charge in [-0.05, 0) is 5.56 Å². The number of aromatic nitrogens is 2. The van der Waals surface area contributed by atoms with Gasteiger partial charge in [0.2, 0.25) is 5.91 Å². The maximum atomic E-state index is 11.9. The third kappa shape index (κ3) is 2.98. The van der Waals surface area contributed by atoms with E-state index >= 15 is 0 Å². The summed E-state index contributed by atoms with van der Waals surface area (Å²) in [5, 5.41) is 0. The van der Waals surface area contributed by atoms with Gasteiger partial charge in [-0.3, -0.25) is 19.0 Å². The highest BCUT2D eigenvalue weighted by Gasteiger charge is 2.06. The molecule has 0 aliphatic rings. The molecule has 0 saturated carbocycles. The Bertz CT molecular complexity index is 701. The Labute approximate surface area is 108 Å². The topological polar surface area (TPSA) is 87.1 Å². The number of amides is 1. The average molecular weight is 259 g/mol. The Balaban J connectivity index is 2.34. The maximum Gasteiger partial charge on any atom is 0.316 e. The number of carbonyl (C=O) groups is 1. The quantitative estimate of drug-likeness (QED) is 0.754. The summed E-state index contributed by atoms with van der Waals surface area (Å²) < 4.78 is 2.31. The normalized spacial score (nSPS) is 10.3. The molecule has 19 heavy (non-hydrogen) atoms. The van der Waals surface area contributed by atoms with Crippen LogP contribution in [-0.2, 0) is 17.9 Å². The van der Waals surface area contributed by atoms with E-state index in [1.54, 1.807) is 0 Å². The Morgan fingerprint density at radius 1 is 1.00 bits per heavy atom. The molecule has 0 fully saturated rings. The van der Waals surface area contributed by atoms with Gasteiger partial charge in [0.25, 0.3) is 0 Å². The van der Waals surface area contributed by atoms with Gasteiger partial charge < -0.3 is 10.3 Å². The first-order valence-corrected chi connectivity index (χ1v) is 5.70. The minimum Gasteiger partial charge on any atom is -0.368 e. The van der Waals surface area contributed by atoms with Crippen molar-refractivity contribution in [3.8, 4) is 0 Å². The van der Waals surface area contributed by atoms with Gasteiger partial charge in [0.15, 0.2) is 0 Å². The summed E-state index contributed by atoms with van der Waals surface area (Å²) in [5.41, 5.74) is 4.49. The highest BCUT2D eigenvalue weighted by Crippen LogP contribution is 1.99. The summed E-state index contributed by atoms with van der Waals surface area (Å²) in [5.74, 6) is -0.665. The number of hydrogen-bond acceptors (Lipinski definition) is 3. The maximum absolute atomic E-state index is 11.9. The van der Waals surface area contributed by atoms with Gasteiger partial charge in [0.1, 0.15) is 6.54 Å². The van der Waals surface area contributed by atoms with E-state index in [0.717, 1.165) is 10.1 Å². The van der Waals surface area contributed by atoms with Crippen molar-refractivity contribution in [3.05, 3.63) is 69.0 Å². The summed E-state index contributed by atoms with van der Waals surface area (Å²) in [7, 11) is 0. The lowest BCUT2D eigenvalue weighted by Crippen LogP contribution is -2.42. The second kappa shape index (κ2) is 5.34. The first-order valence-electron chi connectivity index (χ1n) is 5.70. The van der Waals surface area contributed by atoms with Crippen LogP contribution in [0.1, 0.15) is 5.56 Å². The molecule has 0 unspecified atom stereocenters. The molecule has 6 nitrogen and oxygen atoms in total. The zero-order valence-corrected chi connectivity index (χ0v) is 10.2. The summed E-state index contributed by atoms with van der Waals surface area (Å²) in [6.07, 6.45) is 2.86. The van der Waals surface area contributed by atoms with Crippen LogP contribution in [0.15, 0.2) is 52.3 Å². The van der Waals surface area contributed by atoms with E-state index < -0.39 is 17.0 Å². The highest BCUT2D eigenvalue weighted by molar-refractivity contribution is 5.73. The fourth-order valence-electron chi connectivity index (χ4n) is 1.74. The zero-order chi connectivity index (χ0) is 13.8. The molecule has 0 aliphatic heterocycles. The summed E-state index contributed by atoms with van der Waals surface area (Å²) in [6.45, 7) is 0.0204. The van der Waals surface area contributed by atoms with E-state index in [9.17, 15) is 14.4 Å². The van der Waals surface area contributed by atoms with Crippen molar-refractivity contribution in [1.29, 1.82) is 0 Å². The van der Waals surface area contributed by atoms with Crippen molar-refractivity contribution in [1.82, 2.24) is 9.13 Å². The van der Waals surface area contributed by atoms with Gasteiger partial charge in [-0.2, -0.15) is 0 Å². The van der Waals surface area contributed by atoms with Crippen molar-refractivity contribution in [2.75, 3.05) is 0 Å². The predicted molar refractivity (Wildman–Crippen MR) is 69.7 cm³/mol. The van der Waals surface area contributed by atoms with E-state index in [0.29, 0.717) is 6.54 Å². The molecule has 2 N–H and O–H groups in total. The molecule has 1 heterocycles. The fourth-order valence-corrected chi connectivity index (χ4v) is 1.74. The molecule has 0 radical (unpaired) electrons. The smallest absolute Gasteiger partial charge is 0.316 e. The molecule has 1 amide bonds. The number of carbonyl (C=O) groups excluding carboxylic acids is 1.